The summed E-state index contributed by atoms with van der Waals surface area (Å²) in [5, 5.41) is 0. The van der Waals surface area contributed by atoms with E-state index < -0.39 is 0 Å². The Labute approximate surface area is 127 Å². The van der Waals surface area contributed by atoms with E-state index in [4.69, 9.17) is 10.5 Å². The number of rotatable bonds is 7. The molecule has 2 atom stereocenters. The largest absolute Gasteiger partial charge is 0.372 e. The van der Waals surface area contributed by atoms with Crippen LogP contribution < -0.4 is 5.73 Å². The lowest BCUT2D eigenvalue weighted by Gasteiger charge is -2.25. The summed E-state index contributed by atoms with van der Waals surface area (Å²) in [6, 6.07) is 18.7. The molecule has 0 aliphatic carbocycles. The van der Waals surface area contributed by atoms with Crippen LogP contribution in [0.5, 0.6) is 0 Å². The van der Waals surface area contributed by atoms with E-state index in [9.17, 15) is 0 Å². The molecule has 0 aromatic heterocycles. The minimum atomic E-state index is -0.150. The molecule has 112 valence electrons. The topological polar surface area (TPSA) is 35.2 Å². The van der Waals surface area contributed by atoms with E-state index in [1.807, 2.05) is 25.1 Å². The predicted molar refractivity (Wildman–Crippen MR) is 88.2 cm³/mol. The molecule has 2 aromatic carbocycles. The van der Waals surface area contributed by atoms with Gasteiger partial charge in [0.15, 0.2) is 0 Å². The van der Waals surface area contributed by atoms with Crippen LogP contribution in [0.15, 0.2) is 54.6 Å². The van der Waals surface area contributed by atoms with Gasteiger partial charge in [-0.1, -0.05) is 67.9 Å². The quantitative estimate of drug-likeness (QED) is 0.816. The third-order valence-electron chi connectivity index (χ3n) is 3.70. The highest BCUT2D eigenvalue weighted by molar-refractivity contribution is 5.29. The van der Waals surface area contributed by atoms with E-state index in [2.05, 4.69) is 43.3 Å². The third kappa shape index (κ3) is 4.16. The van der Waals surface area contributed by atoms with Crippen molar-refractivity contribution in [1.82, 2.24) is 0 Å². The Balaban J connectivity index is 2.19. The zero-order valence-corrected chi connectivity index (χ0v) is 13.0. The van der Waals surface area contributed by atoms with Gasteiger partial charge >= 0.3 is 0 Å². The molecule has 0 bridgehead atoms. The lowest BCUT2D eigenvalue weighted by molar-refractivity contribution is 0.0429. The Bertz CT molecular complexity index is 521. The summed E-state index contributed by atoms with van der Waals surface area (Å²) in [7, 11) is 0. The van der Waals surface area contributed by atoms with Gasteiger partial charge in [-0.3, -0.25) is 0 Å². The lowest BCUT2D eigenvalue weighted by atomic mass is 9.95. The van der Waals surface area contributed by atoms with Crippen molar-refractivity contribution in [2.75, 3.05) is 6.61 Å². The van der Waals surface area contributed by atoms with Crippen molar-refractivity contribution in [2.24, 2.45) is 5.73 Å². The maximum Gasteiger partial charge on any atom is 0.102 e. The molecule has 0 aliphatic heterocycles. The van der Waals surface area contributed by atoms with Gasteiger partial charge in [0, 0.05) is 6.61 Å². The number of hydrogen-bond acceptors (Lipinski definition) is 2. The average molecular weight is 283 g/mol. The molecule has 2 rings (SSSR count). The number of nitrogens with two attached hydrogens (primary N) is 1. The first-order valence-corrected chi connectivity index (χ1v) is 7.77. The molecule has 21 heavy (non-hydrogen) atoms. The molecule has 2 N–H and O–H groups in total. The Morgan fingerprint density at radius 2 is 1.57 bits per heavy atom. The van der Waals surface area contributed by atoms with Crippen LogP contribution in [0.2, 0.25) is 0 Å². The molecule has 2 unspecified atom stereocenters. The van der Waals surface area contributed by atoms with Gasteiger partial charge in [-0.2, -0.15) is 0 Å². The second kappa shape index (κ2) is 7.96. The average Bonchev–Trinajstić information content (AvgIpc) is 2.54. The highest BCUT2D eigenvalue weighted by Gasteiger charge is 2.21. The molecular weight excluding hydrogens is 258 g/mol. The fraction of sp³-hybridized carbons (Fsp3) is 0.368. The number of hydrogen-bond donors (Lipinski definition) is 1. The van der Waals surface area contributed by atoms with E-state index in [1.54, 1.807) is 0 Å². The second-order valence-electron chi connectivity index (χ2n) is 5.30. The van der Waals surface area contributed by atoms with Gasteiger partial charge in [-0.05, 0) is 30.0 Å². The smallest absolute Gasteiger partial charge is 0.102 e. The fourth-order valence-electron chi connectivity index (χ4n) is 2.60. The van der Waals surface area contributed by atoms with E-state index in [0.717, 1.165) is 24.0 Å². The molecule has 0 saturated heterocycles. The number of aryl methyl sites for hydroxylation is 1. The summed E-state index contributed by atoms with van der Waals surface area (Å²) in [6.07, 6.45) is 2.17. The molecule has 0 fully saturated rings. The molecule has 2 aromatic rings. The van der Waals surface area contributed by atoms with Gasteiger partial charge < -0.3 is 10.5 Å². The van der Waals surface area contributed by atoms with Crippen LogP contribution in [0.3, 0.4) is 0 Å². The SMILES string of the molecule is CCCc1ccc(C(N)C(OCC)c2ccccc2)cc1. The van der Waals surface area contributed by atoms with E-state index in [0.29, 0.717) is 6.61 Å². The number of ether oxygens (including phenoxy) is 1. The molecule has 0 aliphatic rings. The summed E-state index contributed by atoms with van der Waals surface area (Å²) in [6.45, 7) is 4.86. The Morgan fingerprint density at radius 3 is 2.14 bits per heavy atom. The first-order chi connectivity index (χ1) is 10.3. The van der Waals surface area contributed by atoms with E-state index in [1.165, 1.54) is 5.56 Å². The molecule has 0 radical (unpaired) electrons. The highest BCUT2D eigenvalue weighted by Crippen LogP contribution is 2.30. The summed E-state index contributed by atoms with van der Waals surface area (Å²) >= 11 is 0. The number of benzene rings is 2. The molecular formula is C19H25NO. The zero-order valence-electron chi connectivity index (χ0n) is 13.0. The van der Waals surface area contributed by atoms with Gasteiger partial charge in [0.25, 0.3) is 0 Å². The summed E-state index contributed by atoms with van der Waals surface area (Å²) in [5.74, 6) is 0. The van der Waals surface area contributed by atoms with Crippen LogP contribution in [0.25, 0.3) is 0 Å². The van der Waals surface area contributed by atoms with Crippen LogP contribution >= 0.6 is 0 Å². The normalized spacial score (nSPS) is 13.9. The maximum absolute atomic E-state index is 6.46. The zero-order chi connectivity index (χ0) is 15.1. The van der Waals surface area contributed by atoms with Crippen LogP contribution in [0.1, 0.15) is 49.1 Å². The van der Waals surface area contributed by atoms with Gasteiger partial charge in [-0.15, -0.1) is 0 Å². The van der Waals surface area contributed by atoms with Crippen molar-refractivity contribution < 1.29 is 4.74 Å². The van der Waals surface area contributed by atoms with Crippen LogP contribution in [0.4, 0.5) is 0 Å². The first kappa shape index (κ1) is 15.7. The Hall–Kier alpha value is -1.64. The molecule has 0 spiro atoms. The Morgan fingerprint density at radius 1 is 0.905 bits per heavy atom. The highest BCUT2D eigenvalue weighted by atomic mass is 16.5. The van der Waals surface area contributed by atoms with Crippen molar-refractivity contribution in [2.45, 2.75) is 38.8 Å². The van der Waals surface area contributed by atoms with Crippen molar-refractivity contribution in [3.8, 4) is 0 Å². The summed E-state index contributed by atoms with van der Waals surface area (Å²) in [4.78, 5) is 0. The summed E-state index contributed by atoms with van der Waals surface area (Å²) in [5.41, 5.74) is 10.1. The van der Waals surface area contributed by atoms with E-state index in [-0.39, 0.29) is 12.1 Å². The van der Waals surface area contributed by atoms with Crippen LogP contribution in [-0.2, 0) is 11.2 Å². The molecule has 0 amide bonds. The van der Waals surface area contributed by atoms with Crippen LogP contribution in [-0.4, -0.2) is 6.61 Å². The lowest BCUT2D eigenvalue weighted by Crippen LogP contribution is -2.22. The molecule has 2 heteroatoms. The second-order valence-corrected chi connectivity index (χ2v) is 5.30. The fourth-order valence-corrected chi connectivity index (χ4v) is 2.60. The first-order valence-electron chi connectivity index (χ1n) is 7.77. The van der Waals surface area contributed by atoms with Crippen molar-refractivity contribution in [1.29, 1.82) is 0 Å². The standard InChI is InChI=1S/C19H25NO/c1-3-8-15-11-13-16(14-12-15)18(20)19(21-4-2)17-9-6-5-7-10-17/h5-7,9-14,18-19H,3-4,8,20H2,1-2H3. The Kier molecular flexibility index (Phi) is 5.97. The van der Waals surface area contributed by atoms with Crippen LogP contribution in [0, 0.1) is 0 Å². The third-order valence-corrected chi connectivity index (χ3v) is 3.70. The van der Waals surface area contributed by atoms with Crippen molar-refractivity contribution in [3.05, 3.63) is 71.3 Å². The maximum atomic E-state index is 6.46. The molecule has 0 saturated carbocycles. The van der Waals surface area contributed by atoms with Gasteiger partial charge in [0.05, 0.1) is 6.04 Å². The summed E-state index contributed by atoms with van der Waals surface area (Å²) < 4.78 is 5.90. The van der Waals surface area contributed by atoms with E-state index >= 15 is 0 Å². The predicted octanol–water partition coefficient (Wildman–Crippen LogP) is 4.42. The van der Waals surface area contributed by atoms with Gasteiger partial charge in [0.1, 0.15) is 6.10 Å². The monoisotopic (exact) mass is 283 g/mol. The molecule has 2 nitrogen and oxygen atoms in total. The molecule has 0 heterocycles. The van der Waals surface area contributed by atoms with Gasteiger partial charge in [-0.25, -0.2) is 0 Å². The minimum absolute atomic E-state index is 0.103. The van der Waals surface area contributed by atoms with Gasteiger partial charge in [0.2, 0.25) is 0 Å². The van der Waals surface area contributed by atoms with Crippen molar-refractivity contribution >= 4 is 0 Å². The minimum Gasteiger partial charge on any atom is -0.372 e. The van der Waals surface area contributed by atoms with Crippen molar-refractivity contribution in [3.63, 3.8) is 0 Å².